The Morgan fingerprint density at radius 1 is 1.35 bits per heavy atom. The molecular weight excluding hydrogens is 288 g/mol. The van der Waals surface area contributed by atoms with Gasteiger partial charge < -0.3 is 10.4 Å². The molecule has 20 heavy (non-hydrogen) atoms. The molecular formula is C15H18N2OS2. The molecule has 1 aromatic heterocycles. The molecule has 3 rings (SSSR count). The third kappa shape index (κ3) is 3.23. The first kappa shape index (κ1) is 14.1. The quantitative estimate of drug-likeness (QED) is 0.772. The molecule has 1 aromatic carbocycles. The van der Waals surface area contributed by atoms with Crippen LogP contribution in [0.5, 0.6) is 0 Å². The lowest BCUT2D eigenvalue weighted by molar-refractivity contribution is 0.177. The molecule has 1 aliphatic rings. The highest BCUT2D eigenvalue weighted by Crippen LogP contribution is 2.34. The smallest absolute Gasteiger partial charge is 0.149 e. The standard InChI is InChI=1S/C15H18N2OS2/c18-10-15(17-13-6-7-13,12-4-2-1-3-5-12)11-20-14-16-8-9-19-14/h1-5,8-9,13,17-18H,6-7,10-11H2. The monoisotopic (exact) mass is 306 g/mol. The Morgan fingerprint density at radius 3 is 2.75 bits per heavy atom. The van der Waals surface area contributed by atoms with Gasteiger partial charge in [0.05, 0.1) is 12.1 Å². The maximum atomic E-state index is 10.0. The molecule has 0 radical (unpaired) electrons. The molecule has 1 fully saturated rings. The Labute approximate surface area is 127 Å². The summed E-state index contributed by atoms with van der Waals surface area (Å²) in [4.78, 5) is 4.31. The normalized spacial score (nSPS) is 17.9. The van der Waals surface area contributed by atoms with Crippen LogP contribution in [0.3, 0.4) is 0 Å². The molecule has 0 aliphatic heterocycles. The van der Waals surface area contributed by atoms with E-state index in [4.69, 9.17) is 0 Å². The van der Waals surface area contributed by atoms with Crippen LogP contribution >= 0.6 is 23.1 Å². The van der Waals surface area contributed by atoms with Crippen LogP contribution in [-0.4, -0.2) is 28.5 Å². The fourth-order valence-corrected chi connectivity index (χ4v) is 4.06. The number of thioether (sulfide) groups is 1. The number of aliphatic hydroxyl groups excluding tert-OH is 1. The molecule has 106 valence electrons. The Hall–Kier alpha value is -0.880. The van der Waals surface area contributed by atoms with Crippen molar-refractivity contribution < 1.29 is 5.11 Å². The molecule has 1 atom stereocenters. The van der Waals surface area contributed by atoms with E-state index in [2.05, 4.69) is 22.4 Å². The van der Waals surface area contributed by atoms with Crippen LogP contribution in [0, 0.1) is 0 Å². The van der Waals surface area contributed by atoms with E-state index < -0.39 is 0 Å². The van der Waals surface area contributed by atoms with Crippen molar-refractivity contribution >= 4 is 23.1 Å². The second-order valence-electron chi connectivity index (χ2n) is 5.11. The van der Waals surface area contributed by atoms with Crippen LogP contribution in [0.15, 0.2) is 46.2 Å². The zero-order valence-electron chi connectivity index (χ0n) is 11.2. The summed E-state index contributed by atoms with van der Waals surface area (Å²) in [6.45, 7) is 0.103. The number of nitrogens with zero attached hydrogens (tertiary/aromatic N) is 1. The van der Waals surface area contributed by atoms with E-state index in [0.29, 0.717) is 6.04 Å². The van der Waals surface area contributed by atoms with E-state index in [1.165, 1.54) is 12.8 Å². The lowest BCUT2D eigenvalue weighted by Gasteiger charge is -2.33. The van der Waals surface area contributed by atoms with Crippen LogP contribution in [-0.2, 0) is 5.54 Å². The minimum absolute atomic E-state index is 0.103. The third-order valence-electron chi connectivity index (χ3n) is 3.51. The Bertz CT molecular complexity index is 528. The fraction of sp³-hybridized carbons (Fsp3) is 0.400. The number of thiazole rings is 1. The predicted molar refractivity (Wildman–Crippen MR) is 84.2 cm³/mol. The summed E-state index contributed by atoms with van der Waals surface area (Å²) in [5.41, 5.74) is 0.775. The number of hydrogen-bond donors (Lipinski definition) is 2. The zero-order valence-corrected chi connectivity index (χ0v) is 12.8. The molecule has 1 unspecified atom stereocenters. The fourth-order valence-electron chi connectivity index (χ4n) is 2.23. The van der Waals surface area contributed by atoms with E-state index in [0.717, 1.165) is 15.7 Å². The van der Waals surface area contributed by atoms with Crippen molar-refractivity contribution in [3.05, 3.63) is 47.5 Å². The lowest BCUT2D eigenvalue weighted by atomic mass is 9.92. The number of nitrogens with one attached hydrogen (secondary N) is 1. The first-order valence-corrected chi connectivity index (χ1v) is 8.65. The van der Waals surface area contributed by atoms with E-state index in [1.54, 1.807) is 23.1 Å². The number of rotatable bonds is 7. The SMILES string of the molecule is OCC(CSc1nccs1)(NC1CC1)c1ccccc1. The lowest BCUT2D eigenvalue weighted by Crippen LogP contribution is -2.49. The van der Waals surface area contributed by atoms with E-state index >= 15 is 0 Å². The highest BCUT2D eigenvalue weighted by Gasteiger charge is 2.37. The molecule has 5 heteroatoms. The molecule has 0 bridgehead atoms. The van der Waals surface area contributed by atoms with Crippen LogP contribution in [0.4, 0.5) is 0 Å². The van der Waals surface area contributed by atoms with Gasteiger partial charge in [0.15, 0.2) is 0 Å². The molecule has 2 aromatic rings. The molecule has 0 spiro atoms. The third-order valence-corrected chi connectivity index (χ3v) is 5.70. The van der Waals surface area contributed by atoms with Crippen molar-refractivity contribution in [2.45, 2.75) is 28.8 Å². The first-order chi connectivity index (χ1) is 9.82. The van der Waals surface area contributed by atoms with Crippen LogP contribution in [0.25, 0.3) is 0 Å². The van der Waals surface area contributed by atoms with E-state index in [9.17, 15) is 5.11 Å². The van der Waals surface area contributed by atoms with Gasteiger partial charge in [-0.1, -0.05) is 42.1 Å². The second kappa shape index (κ2) is 6.26. The van der Waals surface area contributed by atoms with Gasteiger partial charge in [-0.2, -0.15) is 0 Å². The summed E-state index contributed by atoms with van der Waals surface area (Å²) in [7, 11) is 0. The van der Waals surface area contributed by atoms with Crippen LogP contribution < -0.4 is 5.32 Å². The zero-order chi connectivity index (χ0) is 13.8. The van der Waals surface area contributed by atoms with Crippen molar-refractivity contribution in [2.75, 3.05) is 12.4 Å². The summed E-state index contributed by atoms with van der Waals surface area (Å²) < 4.78 is 1.05. The minimum Gasteiger partial charge on any atom is -0.394 e. The van der Waals surface area contributed by atoms with Gasteiger partial charge in [0, 0.05) is 23.4 Å². The highest BCUT2D eigenvalue weighted by atomic mass is 32.2. The number of benzene rings is 1. The minimum atomic E-state index is -0.376. The van der Waals surface area contributed by atoms with Gasteiger partial charge in [-0.05, 0) is 18.4 Å². The molecule has 1 heterocycles. The molecule has 1 aliphatic carbocycles. The van der Waals surface area contributed by atoms with Gasteiger partial charge in [-0.3, -0.25) is 0 Å². The molecule has 0 amide bonds. The predicted octanol–water partition coefficient (Wildman–Crippen LogP) is 2.88. The van der Waals surface area contributed by atoms with Gasteiger partial charge >= 0.3 is 0 Å². The summed E-state index contributed by atoms with van der Waals surface area (Å²) >= 11 is 3.35. The van der Waals surface area contributed by atoms with Gasteiger partial charge in [0.25, 0.3) is 0 Å². The molecule has 2 N–H and O–H groups in total. The van der Waals surface area contributed by atoms with Crippen molar-refractivity contribution in [3.8, 4) is 0 Å². The van der Waals surface area contributed by atoms with Crippen molar-refractivity contribution in [2.24, 2.45) is 0 Å². The molecule has 1 saturated carbocycles. The average Bonchev–Trinajstić information content (AvgIpc) is 3.16. The summed E-state index contributed by atoms with van der Waals surface area (Å²) in [5.74, 6) is 0.789. The number of hydrogen-bond acceptors (Lipinski definition) is 5. The number of aliphatic hydroxyl groups is 1. The van der Waals surface area contributed by atoms with E-state index in [-0.39, 0.29) is 12.1 Å². The number of aromatic nitrogens is 1. The van der Waals surface area contributed by atoms with Gasteiger partial charge in [0.1, 0.15) is 4.34 Å². The largest absolute Gasteiger partial charge is 0.394 e. The van der Waals surface area contributed by atoms with Crippen LogP contribution in [0.1, 0.15) is 18.4 Å². The average molecular weight is 306 g/mol. The van der Waals surface area contributed by atoms with Crippen molar-refractivity contribution in [1.29, 1.82) is 0 Å². The summed E-state index contributed by atoms with van der Waals surface area (Å²) in [6.07, 6.45) is 4.23. The van der Waals surface area contributed by atoms with Gasteiger partial charge in [-0.25, -0.2) is 4.98 Å². The molecule has 0 saturated heterocycles. The van der Waals surface area contributed by atoms with Crippen molar-refractivity contribution in [1.82, 2.24) is 10.3 Å². The highest BCUT2D eigenvalue weighted by molar-refractivity contribution is 8.01. The first-order valence-electron chi connectivity index (χ1n) is 6.79. The maximum absolute atomic E-state index is 10.0. The summed E-state index contributed by atoms with van der Waals surface area (Å²) in [5, 5.41) is 15.7. The summed E-state index contributed by atoms with van der Waals surface area (Å²) in [6, 6.07) is 10.8. The van der Waals surface area contributed by atoms with Crippen molar-refractivity contribution in [3.63, 3.8) is 0 Å². The van der Waals surface area contributed by atoms with E-state index in [1.807, 2.05) is 29.8 Å². The topological polar surface area (TPSA) is 45.2 Å². The Kier molecular flexibility index (Phi) is 4.41. The Morgan fingerprint density at radius 2 is 2.15 bits per heavy atom. The van der Waals surface area contributed by atoms with Crippen LogP contribution in [0.2, 0.25) is 0 Å². The Balaban J connectivity index is 1.81. The second-order valence-corrected chi connectivity index (χ2v) is 7.23. The van der Waals surface area contributed by atoms with Gasteiger partial charge in [0.2, 0.25) is 0 Å². The van der Waals surface area contributed by atoms with Gasteiger partial charge in [-0.15, -0.1) is 11.3 Å². The molecule has 3 nitrogen and oxygen atoms in total. The maximum Gasteiger partial charge on any atom is 0.149 e.